The van der Waals surface area contributed by atoms with Crippen molar-refractivity contribution in [1.82, 2.24) is 4.72 Å². The predicted molar refractivity (Wildman–Crippen MR) is 66.6 cm³/mol. The smallest absolute Gasteiger partial charge is 0.208 e. The second-order valence-corrected chi connectivity index (χ2v) is 6.86. The third-order valence-electron chi connectivity index (χ3n) is 2.82. The molecular weight excluding hydrogens is 290 g/mol. The van der Waals surface area contributed by atoms with Crippen molar-refractivity contribution in [2.75, 3.05) is 0 Å². The molecule has 1 saturated carbocycles. The first-order valence-electron chi connectivity index (χ1n) is 5.26. The standard InChI is InChI=1S/C11H14BrNO2S/c1-8-6-9(7-8)13-16(14,15)11-5-3-2-4-10(11)12/h2-5,8-9,13H,6-7H2,1H3. The molecule has 0 radical (unpaired) electrons. The molecule has 1 aromatic rings. The van der Waals surface area contributed by atoms with Crippen LogP contribution in [0.5, 0.6) is 0 Å². The summed E-state index contributed by atoms with van der Waals surface area (Å²) in [4.78, 5) is 0.314. The van der Waals surface area contributed by atoms with Gasteiger partial charge in [0.25, 0.3) is 0 Å². The Balaban J connectivity index is 2.16. The van der Waals surface area contributed by atoms with Crippen molar-refractivity contribution in [1.29, 1.82) is 0 Å². The van der Waals surface area contributed by atoms with Gasteiger partial charge in [0.1, 0.15) is 0 Å². The molecule has 0 unspecified atom stereocenters. The average Bonchev–Trinajstić information content (AvgIpc) is 2.15. The Morgan fingerprint density at radius 2 is 1.94 bits per heavy atom. The number of hydrogen-bond acceptors (Lipinski definition) is 2. The van der Waals surface area contributed by atoms with Crippen LogP contribution in [0.2, 0.25) is 0 Å². The second kappa shape index (κ2) is 4.47. The molecule has 2 rings (SSSR count). The van der Waals surface area contributed by atoms with Gasteiger partial charge in [0, 0.05) is 10.5 Å². The zero-order chi connectivity index (χ0) is 11.8. The summed E-state index contributed by atoms with van der Waals surface area (Å²) in [7, 11) is -3.37. The van der Waals surface area contributed by atoms with Gasteiger partial charge in [0.05, 0.1) is 4.90 Å². The minimum absolute atomic E-state index is 0.104. The fourth-order valence-corrected chi connectivity index (χ4v) is 4.21. The summed E-state index contributed by atoms with van der Waals surface area (Å²) in [6.45, 7) is 2.13. The van der Waals surface area contributed by atoms with Crippen LogP contribution in [0.3, 0.4) is 0 Å². The number of sulfonamides is 1. The number of halogens is 1. The van der Waals surface area contributed by atoms with Gasteiger partial charge in [-0.1, -0.05) is 19.1 Å². The van der Waals surface area contributed by atoms with E-state index >= 15 is 0 Å². The quantitative estimate of drug-likeness (QED) is 0.932. The van der Waals surface area contributed by atoms with Crippen LogP contribution >= 0.6 is 15.9 Å². The van der Waals surface area contributed by atoms with E-state index in [0.717, 1.165) is 12.8 Å². The highest BCUT2D eigenvalue weighted by molar-refractivity contribution is 9.10. The second-order valence-electron chi connectivity index (χ2n) is 4.33. The lowest BCUT2D eigenvalue weighted by Gasteiger charge is -2.32. The summed E-state index contributed by atoms with van der Waals surface area (Å²) >= 11 is 3.25. The summed E-state index contributed by atoms with van der Waals surface area (Å²) in [5, 5.41) is 0. The molecule has 1 aliphatic rings. The van der Waals surface area contributed by atoms with Crippen molar-refractivity contribution in [2.24, 2.45) is 5.92 Å². The monoisotopic (exact) mass is 303 g/mol. The van der Waals surface area contributed by atoms with Crippen LogP contribution in [0.1, 0.15) is 19.8 Å². The maximum absolute atomic E-state index is 12.0. The lowest BCUT2D eigenvalue weighted by atomic mass is 9.83. The van der Waals surface area contributed by atoms with Crippen LogP contribution in [0.25, 0.3) is 0 Å². The normalized spacial score (nSPS) is 25.1. The largest absolute Gasteiger partial charge is 0.241 e. The molecular formula is C11H14BrNO2S. The van der Waals surface area contributed by atoms with Gasteiger partial charge in [-0.2, -0.15) is 0 Å². The van der Waals surface area contributed by atoms with Crippen LogP contribution in [-0.4, -0.2) is 14.5 Å². The van der Waals surface area contributed by atoms with Crippen LogP contribution in [0.15, 0.2) is 33.6 Å². The van der Waals surface area contributed by atoms with Gasteiger partial charge in [-0.05, 0) is 46.8 Å². The zero-order valence-electron chi connectivity index (χ0n) is 8.98. The maximum Gasteiger partial charge on any atom is 0.241 e. The molecule has 0 spiro atoms. The molecule has 1 aromatic carbocycles. The molecule has 0 heterocycles. The highest BCUT2D eigenvalue weighted by Crippen LogP contribution is 2.29. The van der Waals surface area contributed by atoms with Crippen molar-refractivity contribution < 1.29 is 8.42 Å². The molecule has 0 atom stereocenters. The van der Waals surface area contributed by atoms with Gasteiger partial charge in [-0.3, -0.25) is 0 Å². The van der Waals surface area contributed by atoms with E-state index in [1.165, 1.54) is 0 Å². The third-order valence-corrected chi connectivity index (χ3v) is 5.35. The van der Waals surface area contributed by atoms with Gasteiger partial charge in [-0.15, -0.1) is 0 Å². The van der Waals surface area contributed by atoms with E-state index in [4.69, 9.17) is 0 Å². The Bertz CT molecular complexity index is 481. The van der Waals surface area contributed by atoms with Crippen molar-refractivity contribution >= 4 is 26.0 Å². The fraction of sp³-hybridized carbons (Fsp3) is 0.455. The highest BCUT2D eigenvalue weighted by Gasteiger charge is 2.30. The van der Waals surface area contributed by atoms with Crippen LogP contribution in [0.4, 0.5) is 0 Å². The summed E-state index contributed by atoms with van der Waals surface area (Å²) in [5.74, 6) is 0.631. The van der Waals surface area contributed by atoms with Gasteiger partial charge in [0.15, 0.2) is 0 Å². The SMILES string of the molecule is CC1CC(NS(=O)(=O)c2ccccc2Br)C1. The summed E-state index contributed by atoms with van der Waals surface area (Å²) < 4.78 is 27.4. The minimum Gasteiger partial charge on any atom is -0.208 e. The molecule has 0 aromatic heterocycles. The van der Waals surface area contributed by atoms with Crippen molar-refractivity contribution in [3.8, 4) is 0 Å². The molecule has 5 heteroatoms. The Hall–Kier alpha value is -0.390. The summed E-state index contributed by atoms with van der Waals surface area (Å²) in [5.41, 5.74) is 0. The Morgan fingerprint density at radius 1 is 1.31 bits per heavy atom. The first kappa shape index (κ1) is 12.1. The molecule has 0 aliphatic heterocycles. The number of hydrogen-bond donors (Lipinski definition) is 1. The van der Waals surface area contributed by atoms with E-state index in [0.29, 0.717) is 15.3 Å². The van der Waals surface area contributed by atoms with E-state index in [1.807, 2.05) is 0 Å². The van der Waals surface area contributed by atoms with E-state index in [9.17, 15) is 8.42 Å². The van der Waals surface area contributed by atoms with Crippen molar-refractivity contribution in [2.45, 2.75) is 30.7 Å². The number of rotatable bonds is 3. The molecule has 0 bridgehead atoms. The minimum atomic E-state index is -3.37. The molecule has 1 aliphatic carbocycles. The van der Waals surface area contributed by atoms with E-state index < -0.39 is 10.0 Å². The van der Waals surface area contributed by atoms with Crippen LogP contribution < -0.4 is 4.72 Å². The van der Waals surface area contributed by atoms with Crippen LogP contribution in [-0.2, 0) is 10.0 Å². The van der Waals surface area contributed by atoms with Gasteiger partial charge >= 0.3 is 0 Å². The van der Waals surface area contributed by atoms with Gasteiger partial charge in [0.2, 0.25) is 10.0 Å². The first-order valence-corrected chi connectivity index (χ1v) is 7.53. The van der Waals surface area contributed by atoms with E-state index in [-0.39, 0.29) is 6.04 Å². The lowest BCUT2D eigenvalue weighted by Crippen LogP contribution is -2.43. The maximum atomic E-state index is 12.0. The average molecular weight is 304 g/mol. The first-order chi connectivity index (χ1) is 7.49. The molecule has 0 amide bonds. The number of nitrogens with one attached hydrogen (secondary N) is 1. The molecule has 1 N–H and O–H groups in total. The molecule has 1 fully saturated rings. The van der Waals surface area contributed by atoms with Gasteiger partial charge < -0.3 is 0 Å². The topological polar surface area (TPSA) is 46.2 Å². The number of benzene rings is 1. The summed E-state index contributed by atoms with van der Waals surface area (Å²) in [6.07, 6.45) is 1.87. The Morgan fingerprint density at radius 3 is 2.50 bits per heavy atom. The molecule has 0 saturated heterocycles. The van der Waals surface area contributed by atoms with Crippen LogP contribution in [0, 0.1) is 5.92 Å². The summed E-state index contributed by atoms with van der Waals surface area (Å²) in [6, 6.07) is 6.97. The highest BCUT2D eigenvalue weighted by atomic mass is 79.9. The zero-order valence-corrected chi connectivity index (χ0v) is 11.4. The lowest BCUT2D eigenvalue weighted by molar-refractivity contribution is 0.270. The predicted octanol–water partition coefficient (Wildman–Crippen LogP) is 2.53. The van der Waals surface area contributed by atoms with Crippen molar-refractivity contribution in [3.05, 3.63) is 28.7 Å². The molecule has 3 nitrogen and oxygen atoms in total. The fourth-order valence-electron chi connectivity index (χ4n) is 1.94. The van der Waals surface area contributed by atoms with Gasteiger partial charge in [-0.25, -0.2) is 13.1 Å². The third kappa shape index (κ3) is 2.47. The Labute approximate surface area is 104 Å². The molecule has 88 valence electrons. The Kier molecular flexibility index (Phi) is 3.37. The van der Waals surface area contributed by atoms with Crippen molar-refractivity contribution in [3.63, 3.8) is 0 Å². The van der Waals surface area contributed by atoms with E-state index in [2.05, 4.69) is 27.6 Å². The van der Waals surface area contributed by atoms with E-state index in [1.54, 1.807) is 24.3 Å². The molecule has 16 heavy (non-hydrogen) atoms.